The molecule has 0 saturated carbocycles. The molecule has 0 aliphatic carbocycles. The van der Waals surface area contributed by atoms with E-state index in [1.165, 1.54) is 14.2 Å². The lowest BCUT2D eigenvalue weighted by Gasteiger charge is -2.18. The smallest absolute Gasteiger partial charge is 0.186 e. The summed E-state index contributed by atoms with van der Waals surface area (Å²) in [5.74, 6) is 1.01. The lowest BCUT2D eigenvalue weighted by molar-refractivity contribution is 0.354. The molecular formula is C16H19NO4S. The molecule has 0 amide bonds. The van der Waals surface area contributed by atoms with Gasteiger partial charge in [-0.25, -0.2) is 8.42 Å². The van der Waals surface area contributed by atoms with E-state index in [0.29, 0.717) is 17.1 Å². The van der Waals surface area contributed by atoms with Gasteiger partial charge in [0.05, 0.1) is 19.1 Å². The molecule has 118 valence electrons. The normalized spacial score (nSPS) is 12.7. The number of benzene rings is 2. The van der Waals surface area contributed by atoms with Crippen LogP contribution in [0.3, 0.4) is 0 Å². The predicted molar refractivity (Wildman–Crippen MR) is 85.0 cm³/mol. The third kappa shape index (κ3) is 3.08. The third-order valence-electron chi connectivity index (χ3n) is 3.44. The first kappa shape index (κ1) is 16.3. The molecule has 0 heterocycles. The van der Waals surface area contributed by atoms with Crippen LogP contribution in [-0.4, -0.2) is 29.2 Å². The molecule has 0 radical (unpaired) electrons. The minimum atomic E-state index is -3.57. The molecule has 0 aromatic heterocycles. The van der Waals surface area contributed by atoms with Gasteiger partial charge >= 0.3 is 0 Å². The minimum Gasteiger partial charge on any atom is -0.493 e. The summed E-state index contributed by atoms with van der Waals surface area (Å²) in [5.41, 5.74) is 6.31. The van der Waals surface area contributed by atoms with Crippen LogP contribution in [0.5, 0.6) is 11.5 Å². The van der Waals surface area contributed by atoms with E-state index in [2.05, 4.69) is 0 Å². The fourth-order valence-corrected chi connectivity index (χ4v) is 3.89. The standard InChI is InChI=1S/C16H19NO4S/c1-20-14-9-8-12(10-15(14)21-2)16(11-17)22(18,19)13-6-4-3-5-7-13/h3-10,16H,11,17H2,1-2H3. The summed E-state index contributed by atoms with van der Waals surface area (Å²) < 4.78 is 35.9. The fourth-order valence-electron chi connectivity index (χ4n) is 2.27. The average molecular weight is 321 g/mol. The summed E-state index contributed by atoms with van der Waals surface area (Å²) in [7, 11) is -0.539. The van der Waals surface area contributed by atoms with Crippen LogP contribution in [0, 0.1) is 0 Å². The van der Waals surface area contributed by atoms with Crippen LogP contribution < -0.4 is 15.2 Å². The van der Waals surface area contributed by atoms with Gasteiger partial charge < -0.3 is 15.2 Å². The van der Waals surface area contributed by atoms with E-state index in [1.807, 2.05) is 0 Å². The number of methoxy groups -OCH3 is 2. The van der Waals surface area contributed by atoms with E-state index >= 15 is 0 Å². The van der Waals surface area contributed by atoms with Crippen molar-refractivity contribution in [3.8, 4) is 11.5 Å². The second-order valence-corrected chi connectivity index (χ2v) is 6.83. The van der Waals surface area contributed by atoms with Crippen LogP contribution in [-0.2, 0) is 9.84 Å². The van der Waals surface area contributed by atoms with E-state index in [4.69, 9.17) is 15.2 Å². The predicted octanol–water partition coefficient (Wildman–Crippen LogP) is 2.18. The van der Waals surface area contributed by atoms with Crippen LogP contribution in [0.1, 0.15) is 10.8 Å². The Labute approximate surface area is 130 Å². The molecule has 0 aliphatic rings. The maximum atomic E-state index is 12.8. The molecule has 1 unspecified atom stereocenters. The highest BCUT2D eigenvalue weighted by molar-refractivity contribution is 7.91. The molecule has 0 aliphatic heterocycles. The van der Waals surface area contributed by atoms with Gasteiger partial charge in [0.25, 0.3) is 0 Å². The first-order chi connectivity index (χ1) is 10.5. The molecule has 2 aromatic rings. The van der Waals surface area contributed by atoms with Crippen molar-refractivity contribution in [3.05, 3.63) is 54.1 Å². The lowest BCUT2D eigenvalue weighted by atomic mass is 10.1. The van der Waals surface area contributed by atoms with Crippen LogP contribution in [0.4, 0.5) is 0 Å². The van der Waals surface area contributed by atoms with Crippen molar-refractivity contribution in [2.75, 3.05) is 20.8 Å². The van der Waals surface area contributed by atoms with Gasteiger partial charge in [0.2, 0.25) is 0 Å². The highest BCUT2D eigenvalue weighted by Crippen LogP contribution is 2.34. The molecule has 2 aromatic carbocycles. The quantitative estimate of drug-likeness (QED) is 0.882. The zero-order valence-electron chi connectivity index (χ0n) is 12.5. The van der Waals surface area contributed by atoms with Gasteiger partial charge in [0.1, 0.15) is 5.25 Å². The van der Waals surface area contributed by atoms with Crippen LogP contribution in [0.25, 0.3) is 0 Å². The van der Waals surface area contributed by atoms with Gasteiger partial charge in [0.15, 0.2) is 21.3 Å². The highest BCUT2D eigenvalue weighted by atomic mass is 32.2. The number of nitrogens with two attached hydrogens (primary N) is 1. The Morgan fingerprint density at radius 2 is 1.64 bits per heavy atom. The highest BCUT2D eigenvalue weighted by Gasteiger charge is 2.28. The van der Waals surface area contributed by atoms with E-state index in [0.717, 1.165) is 0 Å². The van der Waals surface area contributed by atoms with E-state index < -0.39 is 15.1 Å². The zero-order valence-corrected chi connectivity index (χ0v) is 13.3. The average Bonchev–Trinajstić information content (AvgIpc) is 2.56. The molecule has 0 fully saturated rings. The summed E-state index contributed by atoms with van der Waals surface area (Å²) in [6.07, 6.45) is 0. The number of ether oxygens (including phenoxy) is 2. The second kappa shape index (κ2) is 6.81. The van der Waals surface area contributed by atoms with Gasteiger partial charge in [0, 0.05) is 6.54 Å². The lowest BCUT2D eigenvalue weighted by Crippen LogP contribution is -2.22. The molecule has 5 nitrogen and oxygen atoms in total. The van der Waals surface area contributed by atoms with Crippen molar-refractivity contribution >= 4 is 9.84 Å². The van der Waals surface area contributed by atoms with Gasteiger partial charge in [-0.1, -0.05) is 24.3 Å². The SMILES string of the molecule is COc1ccc(C(CN)S(=O)(=O)c2ccccc2)cc1OC. The zero-order chi connectivity index (χ0) is 16.2. The number of hydrogen-bond donors (Lipinski definition) is 1. The monoisotopic (exact) mass is 321 g/mol. The molecular weight excluding hydrogens is 302 g/mol. The summed E-state index contributed by atoms with van der Waals surface area (Å²) in [6, 6.07) is 13.3. The van der Waals surface area contributed by atoms with Crippen molar-refractivity contribution in [2.45, 2.75) is 10.1 Å². The largest absolute Gasteiger partial charge is 0.493 e. The molecule has 0 bridgehead atoms. The van der Waals surface area contributed by atoms with Gasteiger partial charge in [-0.15, -0.1) is 0 Å². The molecule has 22 heavy (non-hydrogen) atoms. The Morgan fingerprint density at radius 1 is 1.00 bits per heavy atom. The molecule has 0 saturated heterocycles. The van der Waals surface area contributed by atoms with E-state index in [9.17, 15) is 8.42 Å². The van der Waals surface area contributed by atoms with E-state index in [-0.39, 0.29) is 11.4 Å². The van der Waals surface area contributed by atoms with Crippen LogP contribution in [0.2, 0.25) is 0 Å². The summed E-state index contributed by atoms with van der Waals surface area (Å²) in [5, 5.41) is -0.838. The summed E-state index contributed by atoms with van der Waals surface area (Å²) in [4.78, 5) is 0.250. The van der Waals surface area contributed by atoms with Crippen molar-refractivity contribution < 1.29 is 17.9 Å². The van der Waals surface area contributed by atoms with Gasteiger partial charge in [-0.3, -0.25) is 0 Å². The molecule has 2 rings (SSSR count). The first-order valence-corrected chi connectivity index (χ1v) is 8.30. The molecule has 0 spiro atoms. The maximum Gasteiger partial charge on any atom is 0.186 e. The third-order valence-corrected chi connectivity index (χ3v) is 5.58. The first-order valence-electron chi connectivity index (χ1n) is 6.75. The maximum absolute atomic E-state index is 12.8. The summed E-state index contributed by atoms with van der Waals surface area (Å²) >= 11 is 0. The fraction of sp³-hybridized carbons (Fsp3) is 0.250. The van der Waals surface area contributed by atoms with Crippen molar-refractivity contribution in [1.29, 1.82) is 0 Å². The second-order valence-electron chi connectivity index (χ2n) is 4.70. The van der Waals surface area contributed by atoms with Crippen molar-refractivity contribution in [3.63, 3.8) is 0 Å². The minimum absolute atomic E-state index is 0.0211. The van der Waals surface area contributed by atoms with Crippen molar-refractivity contribution in [1.82, 2.24) is 0 Å². The number of hydrogen-bond acceptors (Lipinski definition) is 5. The summed E-state index contributed by atoms with van der Waals surface area (Å²) in [6.45, 7) is -0.0211. The Kier molecular flexibility index (Phi) is 5.05. The molecule has 6 heteroatoms. The van der Waals surface area contributed by atoms with Crippen LogP contribution in [0.15, 0.2) is 53.4 Å². The number of rotatable bonds is 6. The Morgan fingerprint density at radius 3 is 2.18 bits per heavy atom. The molecule has 2 N–H and O–H groups in total. The van der Waals surface area contributed by atoms with Gasteiger partial charge in [-0.05, 0) is 29.8 Å². The topological polar surface area (TPSA) is 78.6 Å². The van der Waals surface area contributed by atoms with Crippen molar-refractivity contribution in [2.24, 2.45) is 5.73 Å². The Hall–Kier alpha value is -2.05. The molecule has 1 atom stereocenters. The Balaban J connectivity index is 2.49. The Bertz CT molecular complexity index is 729. The number of sulfone groups is 1. The van der Waals surface area contributed by atoms with Crippen LogP contribution >= 0.6 is 0 Å². The van der Waals surface area contributed by atoms with E-state index in [1.54, 1.807) is 48.5 Å². The van der Waals surface area contributed by atoms with Gasteiger partial charge in [-0.2, -0.15) is 0 Å².